The van der Waals surface area contributed by atoms with Crippen molar-refractivity contribution in [2.45, 2.75) is 26.4 Å². The minimum absolute atomic E-state index is 0.0302. The van der Waals surface area contributed by atoms with E-state index >= 15 is 0 Å². The number of fused-ring (bicyclic) bond motifs is 1. The van der Waals surface area contributed by atoms with Crippen LogP contribution in [0.4, 0.5) is 0 Å². The molecule has 0 aliphatic carbocycles. The molecular weight excluding hydrogens is 581 g/mol. The molecule has 0 aliphatic heterocycles. The summed E-state index contributed by atoms with van der Waals surface area (Å²) in [5.74, 6) is 1.79. The van der Waals surface area contributed by atoms with Crippen LogP contribution in [-0.4, -0.2) is 30.1 Å². The molecule has 4 rings (SSSR count). The Hall–Kier alpha value is -3.07. The van der Waals surface area contributed by atoms with Crippen molar-refractivity contribution in [3.63, 3.8) is 0 Å². The highest BCUT2D eigenvalue weighted by atomic mass is 79.9. The Kier molecular flexibility index (Phi) is 8.42. The van der Waals surface area contributed by atoms with E-state index in [1.165, 1.54) is 18.9 Å². The third-order valence-electron chi connectivity index (χ3n) is 5.54. The molecule has 1 aromatic heterocycles. The van der Waals surface area contributed by atoms with Gasteiger partial charge in [0.05, 0.1) is 31.3 Å². The molecule has 37 heavy (non-hydrogen) atoms. The Balaban J connectivity index is 1.71. The standard InChI is InChI=1S/C27H24BrCl2N3O4/c1-15(2)26-32-22-8-6-18(28)11-20(22)27(34)33(26)31-13-16-9-23(35-3)25(24(10-16)36-4)37-14-17-5-7-19(29)12-21(17)30/h5-13,15H,14H2,1-4H3. The van der Waals surface area contributed by atoms with E-state index in [2.05, 4.69) is 26.0 Å². The SMILES string of the molecule is COc1cc(C=Nn2c(C(C)C)nc3ccc(Br)cc3c2=O)cc(OC)c1OCc1ccc(Cl)cc1Cl. The van der Waals surface area contributed by atoms with Gasteiger partial charge < -0.3 is 14.2 Å². The van der Waals surface area contributed by atoms with Gasteiger partial charge in [0.25, 0.3) is 5.56 Å². The highest BCUT2D eigenvalue weighted by Gasteiger charge is 2.17. The lowest BCUT2D eigenvalue weighted by Gasteiger charge is -2.16. The molecule has 0 fully saturated rings. The summed E-state index contributed by atoms with van der Waals surface area (Å²) in [5.41, 5.74) is 1.76. The number of ether oxygens (including phenoxy) is 3. The molecule has 1 heterocycles. The molecule has 10 heteroatoms. The summed E-state index contributed by atoms with van der Waals surface area (Å²) in [6.07, 6.45) is 1.56. The van der Waals surface area contributed by atoms with Gasteiger partial charge in [0.1, 0.15) is 12.4 Å². The van der Waals surface area contributed by atoms with E-state index in [9.17, 15) is 4.79 Å². The second-order valence-corrected chi connectivity index (χ2v) is 10.2. The van der Waals surface area contributed by atoms with Crippen LogP contribution in [0, 0.1) is 0 Å². The first-order chi connectivity index (χ1) is 17.7. The third-order valence-corrected chi connectivity index (χ3v) is 6.62. The highest BCUT2D eigenvalue weighted by molar-refractivity contribution is 9.10. The van der Waals surface area contributed by atoms with Crippen molar-refractivity contribution < 1.29 is 14.2 Å². The molecule has 0 radical (unpaired) electrons. The predicted molar refractivity (Wildman–Crippen MR) is 151 cm³/mol. The molecule has 0 atom stereocenters. The van der Waals surface area contributed by atoms with Crippen LogP contribution in [0.2, 0.25) is 10.0 Å². The Bertz CT molecular complexity index is 1530. The zero-order valence-corrected chi connectivity index (χ0v) is 23.7. The topological polar surface area (TPSA) is 74.9 Å². The van der Waals surface area contributed by atoms with Gasteiger partial charge in [0, 0.05) is 31.6 Å². The number of nitrogens with zero attached hydrogens (tertiary/aromatic N) is 3. The summed E-state index contributed by atoms with van der Waals surface area (Å²) in [4.78, 5) is 18.0. The number of halogens is 3. The molecule has 0 bridgehead atoms. The van der Waals surface area contributed by atoms with E-state index in [0.29, 0.717) is 49.6 Å². The Morgan fingerprint density at radius 1 is 1.05 bits per heavy atom. The van der Waals surface area contributed by atoms with E-state index in [4.69, 9.17) is 37.4 Å². The maximum atomic E-state index is 13.3. The number of hydrogen-bond acceptors (Lipinski definition) is 6. The first-order valence-electron chi connectivity index (χ1n) is 11.3. The third kappa shape index (κ3) is 5.92. The zero-order chi connectivity index (χ0) is 26.7. The van der Waals surface area contributed by atoms with Crippen molar-refractivity contribution in [1.82, 2.24) is 9.66 Å². The van der Waals surface area contributed by atoms with Crippen molar-refractivity contribution in [3.05, 3.63) is 90.4 Å². The maximum absolute atomic E-state index is 13.3. The Labute approximate surface area is 232 Å². The van der Waals surface area contributed by atoms with E-state index in [-0.39, 0.29) is 18.1 Å². The van der Waals surface area contributed by atoms with Gasteiger partial charge in [-0.2, -0.15) is 9.78 Å². The smallest absolute Gasteiger partial charge is 0.282 e. The molecule has 0 saturated carbocycles. The lowest BCUT2D eigenvalue weighted by molar-refractivity contribution is 0.266. The fourth-order valence-corrected chi connectivity index (χ4v) is 4.51. The monoisotopic (exact) mass is 603 g/mol. The summed E-state index contributed by atoms with van der Waals surface area (Å²) in [6, 6.07) is 14.1. The van der Waals surface area contributed by atoms with Gasteiger partial charge in [0.15, 0.2) is 11.5 Å². The average Bonchev–Trinajstić information content (AvgIpc) is 2.87. The van der Waals surface area contributed by atoms with Crippen LogP contribution in [0.25, 0.3) is 10.9 Å². The fourth-order valence-electron chi connectivity index (χ4n) is 3.68. The number of aromatic nitrogens is 2. The van der Waals surface area contributed by atoms with Gasteiger partial charge in [-0.25, -0.2) is 4.98 Å². The number of methoxy groups -OCH3 is 2. The van der Waals surface area contributed by atoms with Crippen LogP contribution in [0.3, 0.4) is 0 Å². The van der Waals surface area contributed by atoms with E-state index in [0.717, 1.165) is 10.0 Å². The molecule has 7 nitrogen and oxygen atoms in total. The van der Waals surface area contributed by atoms with Gasteiger partial charge >= 0.3 is 0 Å². The van der Waals surface area contributed by atoms with Crippen LogP contribution in [0.5, 0.6) is 17.2 Å². The molecule has 192 valence electrons. The summed E-state index contributed by atoms with van der Waals surface area (Å²) in [6.45, 7) is 4.11. The minimum Gasteiger partial charge on any atom is -0.493 e. The maximum Gasteiger partial charge on any atom is 0.282 e. The van der Waals surface area contributed by atoms with Gasteiger partial charge in [-0.3, -0.25) is 4.79 Å². The number of rotatable bonds is 8. The summed E-state index contributed by atoms with van der Waals surface area (Å²) in [7, 11) is 3.06. The fraction of sp³-hybridized carbons (Fsp3) is 0.222. The van der Waals surface area contributed by atoms with Gasteiger partial charge in [0.2, 0.25) is 5.75 Å². The molecule has 4 aromatic rings. The first-order valence-corrected chi connectivity index (χ1v) is 12.9. The van der Waals surface area contributed by atoms with Gasteiger partial charge in [-0.15, -0.1) is 0 Å². The van der Waals surface area contributed by atoms with E-state index in [1.807, 2.05) is 26.0 Å². The van der Waals surface area contributed by atoms with Crippen LogP contribution in [0.15, 0.2) is 62.9 Å². The molecule has 0 aliphatic rings. The summed E-state index contributed by atoms with van der Waals surface area (Å²) >= 11 is 15.7. The predicted octanol–water partition coefficient (Wildman–Crippen LogP) is 7.07. The van der Waals surface area contributed by atoms with Crippen molar-refractivity contribution in [2.75, 3.05) is 14.2 Å². The average molecular weight is 605 g/mol. The normalized spacial score (nSPS) is 11.5. The number of benzene rings is 3. The van der Waals surface area contributed by atoms with Crippen molar-refractivity contribution in [2.24, 2.45) is 5.10 Å². The van der Waals surface area contributed by atoms with Crippen LogP contribution < -0.4 is 19.8 Å². The Morgan fingerprint density at radius 2 is 1.76 bits per heavy atom. The van der Waals surface area contributed by atoms with E-state index < -0.39 is 0 Å². The number of hydrogen-bond donors (Lipinski definition) is 0. The van der Waals surface area contributed by atoms with Crippen LogP contribution in [-0.2, 0) is 6.61 Å². The largest absolute Gasteiger partial charge is 0.493 e. The molecule has 0 spiro atoms. The lowest BCUT2D eigenvalue weighted by Crippen LogP contribution is -2.23. The van der Waals surface area contributed by atoms with Crippen molar-refractivity contribution in [3.8, 4) is 17.2 Å². The molecule has 0 amide bonds. The Morgan fingerprint density at radius 3 is 2.38 bits per heavy atom. The van der Waals surface area contributed by atoms with E-state index in [1.54, 1.807) is 42.6 Å². The summed E-state index contributed by atoms with van der Waals surface area (Å²) in [5, 5.41) is 6.00. The molecule has 0 N–H and O–H groups in total. The summed E-state index contributed by atoms with van der Waals surface area (Å²) < 4.78 is 19.3. The molecule has 0 saturated heterocycles. The van der Waals surface area contributed by atoms with Crippen LogP contribution >= 0.6 is 39.1 Å². The van der Waals surface area contributed by atoms with Crippen molar-refractivity contribution >= 4 is 56.2 Å². The highest BCUT2D eigenvalue weighted by Crippen LogP contribution is 2.39. The van der Waals surface area contributed by atoms with Gasteiger partial charge in [-0.1, -0.05) is 59.0 Å². The lowest BCUT2D eigenvalue weighted by atomic mass is 10.2. The first kappa shape index (κ1) is 27.0. The quantitative estimate of drug-likeness (QED) is 0.201. The molecular formula is C27H24BrCl2N3O4. The van der Waals surface area contributed by atoms with Gasteiger partial charge in [-0.05, 0) is 42.5 Å². The second-order valence-electron chi connectivity index (χ2n) is 8.43. The molecule has 0 unspecified atom stereocenters. The zero-order valence-electron chi connectivity index (χ0n) is 20.6. The van der Waals surface area contributed by atoms with Crippen LogP contribution in [0.1, 0.15) is 36.7 Å². The molecule has 3 aromatic carbocycles. The van der Waals surface area contributed by atoms with Crippen molar-refractivity contribution in [1.29, 1.82) is 0 Å². The second kappa shape index (κ2) is 11.5. The minimum atomic E-state index is -0.259.